The molecule has 0 aliphatic rings. The Morgan fingerprint density at radius 3 is 2.84 bits per heavy atom. The molecular weight excluding hydrogens is 264 g/mol. The van der Waals surface area contributed by atoms with Gasteiger partial charge in [-0.1, -0.05) is 23.7 Å². The summed E-state index contributed by atoms with van der Waals surface area (Å²) in [7, 11) is 3.62. The molecule has 1 aromatic carbocycles. The van der Waals surface area contributed by atoms with Gasteiger partial charge in [-0.2, -0.15) is 0 Å². The molecule has 1 unspecified atom stereocenters. The molecule has 0 fully saturated rings. The van der Waals surface area contributed by atoms with Gasteiger partial charge in [0.05, 0.1) is 23.4 Å². The Labute approximate surface area is 120 Å². The fraction of sp³-hybridized carbons (Fsp3) is 0.571. The molecule has 1 rings (SSSR count). The molecule has 19 heavy (non-hydrogen) atoms. The van der Waals surface area contributed by atoms with Crippen LogP contribution in [-0.4, -0.2) is 45.1 Å². The molecule has 0 heterocycles. The average molecular weight is 287 g/mol. The fourth-order valence-corrected chi connectivity index (χ4v) is 2.35. The standard InChI is InChI=1S/C14H23ClN2O2/c1-11(18)10-17(2)14-12(5-4-6-13(14)15)9-16-7-8-19-3/h4-6,11,16,18H,7-10H2,1-3H3. The third-order valence-corrected chi connectivity index (χ3v) is 3.09. The zero-order valence-corrected chi connectivity index (χ0v) is 12.6. The molecule has 0 aliphatic carbocycles. The highest BCUT2D eigenvalue weighted by Gasteiger charge is 2.12. The van der Waals surface area contributed by atoms with E-state index in [9.17, 15) is 5.11 Å². The number of methoxy groups -OCH3 is 1. The number of ether oxygens (including phenoxy) is 1. The van der Waals surface area contributed by atoms with E-state index in [-0.39, 0.29) is 0 Å². The zero-order valence-electron chi connectivity index (χ0n) is 11.8. The lowest BCUT2D eigenvalue weighted by atomic mass is 10.1. The van der Waals surface area contributed by atoms with Gasteiger partial charge in [-0.05, 0) is 18.6 Å². The Bertz CT molecular complexity index is 386. The van der Waals surface area contributed by atoms with Crippen LogP contribution in [0, 0.1) is 0 Å². The molecule has 108 valence electrons. The summed E-state index contributed by atoms with van der Waals surface area (Å²) in [5.74, 6) is 0. The lowest BCUT2D eigenvalue weighted by molar-refractivity contribution is 0.199. The van der Waals surface area contributed by atoms with Crippen LogP contribution in [0.1, 0.15) is 12.5 Å². The van der Waals surface area contributed by atoms with Crippen LogP contribution in [0.15, 0.2) is 18.2 Å². The van der Waals surface area contributed by atoms with Gasteiger partial charge in [-0.25, -0.2) is 0 Å². The number of nitrogens with zero attached hydrogens (tertiary/aromatic N) is 1. The van der Waals surface area contributed by atoms with E-state index in [2.05, 4.69) is 5.32 Å². The maximum absolute atomic E-state index is 9.50. The first-order chi connectivity index (χ1) is 9.06. The van der Waals surface area contributed by atoms with Crippen molar-refractivity contribution in [3.8, 4) is 0 Å². The van der Waals surface area contributed by atoms with Crippen LogP contribution < -0.4 is 10.2 Å². The predicted molar refractivity (Wildman–Crippen MR) is 80.0 cm³/mol. The van der Waals surface area contributed by atoms with Gasteiger partial charge in [-0.15, -0.1) is 0 Å². The van der Waals surface area contributed by atoms with Crippen LogP contribution in [0.2, 0.25) is 5.02 Å². The lowest BCUT2D eigenvalue weighted by Crippen LogP contribution is -2.29. The van der Waals surface area contributed by atoms with E-state index < -0.39 is 6.10 Å². The monoisotopic (exact) mass is 286 g/mol. The van der Waals surface area contributed by atoms with Gasteiger partial charge in [0.2, 0.25) is 0 Å². The predicted octanol–water partition coefficient (Wildman–Crippen LogP) is 1.89. The van der Waals surface area contributed by atoms with Crippen LogP contribution in [0.25, 0.3) is 0 Å². The van der Waals surface area contributed by atoms with Crippen molar-refractivity contribution < 1.29 is 9.84 Å². The number of anilines is 1. The number of rotatable bonds is 8. The van der Waals surface area contributed by atoms with E-state index in [0.29, 0.717) is 18.2 Å². The van der Waals surface area contributed by atoms with Gasteiger partial charge in [0, 0.05) is 33.8 Å². The number of hydrogen-bond donors (Lipinski definition) is 2. The Morgan fingerprint density at radius 1 is 1.47 bits per heavy atom. The summed E-state index contributed by atoms with van der Waals surface area (Å²) in [6.07, 6.45) is -0.393. The molecule has 0 saturated heterocycles. The van der Waals surface area contributed by atoms with Gasteiger partial charge < -0.3 is 20.1 Å². The molecule has 0 aromatic heterocycles. The molecule has 0 aliphatic heterocycles. The summed E-state index contributed by atoms with van der Waals surface area (Å²) in [5, 5.41) is 13.5. The first-order valence-electron chi connectivity index (χ1n) is 6.42. The molecule has 0 amide bonds. The van der Waals surface area contributed by atoms with Gasteiger partial charge >= 0.3 is 0 Å². The highest BCUT2D eigenvalue weighted by molar-refractivity contribution is 6.33. The summed E-state index contributed by atoms with van der Waals surface area (Å²) in [6.45, 7) is 4.52. The Balaban J connectivity index is 2.76. The lowest BCUT2D eigenvalue weighted by Gasteiger charge is -2.25. The fourth-order valence-electron chi connectivity index (χ4n) is 2.02. The van der Waals surface area contributed by atoms with Crippen molar-refractivity contribution in [1.29, 1.82) is 0 Å². The second-order valence-electron chi connectivity index (χ2n) is 4.65. The van der Waals surface area contributed by atoms with Gasteiger partial charge in [0.15, 0.2) is 0 Å². The summed E-state index contributed by atoms with van der Waals surface area (Å²) in [5.41, 5.74) is 2.08. The van der Waals surface area contributed by atoms with Crippen molar-refractivity contribution >= 4 is 17.3 Å². The number of hydrogen-bond acceptors (Lipinski definition) is 4. The van der Waals surface area contributed by atoms with Crippen molar-refractivity contribution in [3.05, 3.63) is 28.8 Å². The minimum absolute atomic E-state index is 0.393. The van der Waals surface area contributed by atoms with E-state index in [0.717, 1.165) is 24.3 Å². The van der Waals surface area contributed by atoms with Crippen LogP contribution in [0.5, 0.6) is 0 Å². The van der Waals surface area contributed by atoms with Gasteiger partial charge in [0.1, 0.15) is 0 Å². The summed E-state index contributed by atoms with van der Waals surface area (Å²) in [6, 6.07) is 5.85. The SMILES string of the molecule is COCCNCc1cccc(Cl)c1N(C)CC(C)O. The van der Waals surface area contributed by atoms with Crippen LogP contribution in [0.4, 0.5) is 5.69 Å². The van der Waals surface area contributed by atoms with Crippen LogP contribution in [-0.2, 0) is 11.3 Å². The first kappa shape index (κ1) is 16.2. The molecule has 1 aromatic rings. The minimum atomic E-state index is -0.393. The largest absolute Gasteiger partial charge is 0.392 e. The molecule has 0 bridgehead atoms. The van der Waals surface area contributed by atoms with Crippen molar-refractivity contribution in [1.82, 2.24) is 5.32 Å². The van der Waals surface area contributed by atoms with E-state index in [1.54, 1.807) is 14.0 Å². The molecule has 1 atom stereocenters. The zero-order chi connectivity index (χ0) is 14.3. The number of aliphatic hydroxyl groups is 1. The molecule has 4 nitrogen and oxygen atoms in total. The van der Waals surface area contributed by atoms with Crippen LogP contribution >= 0.6 is 11.6 Å². The smallest absolute Gasteiger partial charge is 0.0686 e. The highest BCUT2D eigenvalue weighted by atomic mass is 35.5. The van der Waals surface area contributed by atoms with Crippen molar-refractivity contribution in [3.63, 3.8) is 0 Å². The average Bonchev–Trinajstić information content (AvgIpc) is 2.33. The molecule has 0 radical (unpaired) electrons. The Morgan fingerprint density at radius 2 is 2.21 bits per heavy atom. The second-order valence-corrected chi connectivity index (χ2v) is 5.05. The summed E-state index contributed by atoms with van der Waals surface area (Å²) in [4.78, 5) is 1.99. The van der Waals surface area contributed by atoms with Crippen molar-refractivity contribution in [2.75, 3.05) is 38.8 Å². The second kappa shape index (κ2) is 8.38. The summed E-state index contributed by atoms with van der Waals surface area (Å²) >= 11 is 6.27. The quantitative estimate of drug-likeness (QED) is 0.717. The Kier molecular flexibility index (Phi) is 7.16. The number of para-hydroxylation sites is 1. The normalized spacial score (nSPS) is 12.5. The molecule has 5 heteroatoms. The van der Waals surface area contributed by atoms with E-state index >= 15 is 0 Å². The summed E-state index contributed by atoms with van der Waals surface area (Å²) < 4.78 is 5.00. The number of nitrogens with one attached hydrogen (secondary N) is 1. The maximum atomic E-state index is 9.50. The minimum Gasteiger partial charge on any atom is -0.392 e. The Hall–Kier alpha value is -0.810. The number of likely N-dealkylation sites (N-methyl/N-ethyl adjacent to an activating group) is 1. The molecular formula is C14H23ClN2O2. The third-order valence-electron chi connectivity index (χ3n) is 2.79. The number of aliphatic hydroxyl groups excluding tert-OH is 1. The molecule has 2 N–H and O–H groups in total. The van der Waals surface area contributed by atoms with Gasteiger partial charge in [0.25, 0.3) is 0 Å². The van der Waals surface area contributed by atoms with Gasteiger partial charge in [-0.3, -0.25) is 0 Å². The highest BCUT2D eigenvalue weighted by Crippen LogP contribution is 2.29. The van der Waals surface area contributed by atoms with Crippen molar-refractivity contribution in [2.45, 2.75) is 19.6 Å². The van der Waals surface area contributed by atoms with Crippen LogP contribution in [0.3, 0.4) is 0 Å². The topological polar surface area (TPSA) is 44.7 Å². The van der Waals surface area contributed by atoms with Crippen molar-refractivity contribution in [2.24, 2.45) is 0 Å². The third kappa shape index (κ3) is 5.37. The van der Waals surface area contributed by atoms with E-state index in [1.807, 2.05) is 30.1 Å². The van der Waals surface area contributed by atoms with E-state index in [4.69, 9.17) is 16.3 Å². The number of halogens is 1. The van der Waals surface area contributed by atoms with E-state index in [1.165, 1.54) is 0 Å². The molecule has 0 saturated carbocycles. The first-order valence-corrected chi connectivity index (χ1v) is 6.80. The maximum Gasteiger partial charge on any atom is 0.0686 e. The molecule has 0 spiro atoms. The number of benzene rings is 1.